The van der Waals surface area contributed by atoms with Crippen LogP contribution in [0.1, 0.15) is 17.0 Å². The zero-order valence-electron chi connectivity index (χ0n) is 16.5. The molecule has 2 heterocycles. The molecule has 2 atom stereocenters. The van der Waals surface area contributed by atoms with Crippen molar-refractivity contribution in [3.05, 3.63) is 72.1 Å². The third kappa shape index (κ3) is 5.01. The summed E-state index contributed by atoms with van der Waals surface area (Å²) in [6.45, 7) is 3.53. The highest BCUT2D eigenvalue weighted by Gasteiger charge is 2.34. The second-order valence-electron chi connectivity index (χ2n) is 7.20. The van der Waals surface area contributed by atoms with Crippen LogP contribution in [0, 0.1) is 12.8 Å². The van der Waals surface area contributed by atoms with E-state index in [1.165, 1.54) is 4.90 Å². The number of halogens is 1. The van der Waals surface area contributed by atoms with Gasteiger partial charge in [0.15, 0.2) is 0 Å². The molecular weight excluding hydrogens is 404 g/mol. The maximum absolute atomic E-state index is 12.9. The average Bonchev–Trinajstić information content (AvgIpc) is 3.33. The van der Waals surface area contributed by atoms with E-state index in [1.54, 1.807) is 16.4 Å². The number of nitrogens with zero attached hydrogens (tertiary/aromatic N) is 2. The minimum Gasteiger partial charge on any atom is -0.326 e. The van der Waals surface area contributed by atoms with Gasteiger partial charge in [0.25, 0.3) is 0 Å². The smallest absolute Gasteiger partial charge is 0.229 e. The fraction of sp³-hybridized carbons (Fsp3) is 0.273. The normalized spacial score (nSPS) is 18.3. The first-order valence-corrected chi connectivity index (χ1v) is 10.3. The van der Waals surface area contributed by atoms with Gasteiger partial charge in [-0.05, 0) is 48.4 Å². The standard InChI is InChI=1S/C22H24N4OS.ClH/c1-15-10-18(28-17-6-4-3-5-7-17)8-9-21(15)25-22(27)20-13-23-12-19(20)16-11-24-26(2)14-16;/h3-11,14,19-20,23H,12-13H2,1-2H3,(H,25,27);1H/t19-,20+;/m1./s1. The Labute approximate surface area is 181 Å². The van der Waals surface area contributed by atoms with Crippen molar-refractivity contribution < 1.29 is 4.79 Å². The summed E-state index contributed by atoms with van der Waals surface area (Å²) in [4.78, 5) is 15.3. The van der Waals surface area contributed by atoms with Crippen LogP contribution in [0.15, 0.2) is 70.7 Å². The van der Waals surface area contributed by atoms with Gasteiger partial charge in [-0.15, -0.1) is 12.4 Å². The van der Waals surface area contributed by atoms with Gasteiger partial charge in [0.2, 0.25) is 5.91 Å². The maximum Gasteiger partial charge on any atom is 0.229 e. The van der Waals surface area contributed by atoms with Crippen molar-refractivity contribution in [2.75, 3.05) is 18.4 Å². The molecule has 1 fully saturated rings. The second-order valence-corrected chi connectivity index (χ2v) is 8.35. The number of aromatic nitrogens is 2. The van der Waals surface area contributed by atoms with Crippen LogP contribution in [0.5, 0.6) is 0 Å². The van der Waals surface area contributed by atoms with Crippen LogP contribution < -0.4 is 10.6 Å². The average molecular weight is 429 g/mol. The fourth-order valence-corrected chi connectivity index (χ4v) is 4.56. The molecule has 0 aliphatic carbocycles. The van der Waals surface area contributed by atoms with E-state index in [9.17, 15) is 4.79 Å². The number of benzene rings is 2. The van der Waals surface area contributed by atoms with Crippen LogP contribution in [0.25, 0.3) is 0 Å². The number of carbonyl (C=O) groups is 1. The van der Waals surface area contributed by atoms with Gasteiger partial charge < -0.3 is 10.6 Å². The first-order chi connectivity index (χ1) is 13.6. The van der Waals surface area contributed by atoms with Gasteiger partial charge in [-0.3, -0.25) is 9.48 Å². The van der Waals surface area contributed by atoms with Crippen molar-refractivity contribution in [1.82, 2.24) is 15.1 Å². The first-order valence-electron chi connectivity index (χ1n) is 9.44. The Morgan fingerprint density at radius 3 is 2.66 bits per heavy atom. The highest BCUT2D eigenvalue weighted by atomic mass is 35.5. The molecule has 1 aromatic heterocycles. The number of hydrogen-bond acceptors (Lipinski definition) is 4. The Balaban J connectivity index is 0.00000240. The van der Waals surface area contributed by atoms with Gasteiger partial charge in [-0.1, -0.05) is 30.0 Å². The summed E-state index contributed by atoms with van der Waals surface area (Å²) in [5, 5.41) is 10.7. The van der Waals surface area contributed by atoms with Crippen molar-refractivity contribution in [2.45, 2.75) is 22.6 Å². The number of aryl methyl sites for hydroxylation is 2. The zero-order chi connectivity index (χ0) is 19.5. The molecule has 0 bridgehead atoms. The zero-order valence-corrected chi connectivity index (χ0v) is 18.1. The number of carbonyl (C=O) groups excluding carboxylic acids is 1. The predicted molar refractivity (Wildman–Crippen MR) is 120 cm³/mol. The van der Waals surface area contributed by atoms with Gasteiger partial charge in [-0.25, -0.2) is 0 Å². The van der Waals surface area contributed by atoms with Gasteiger partial charge in [0.1, 0.15) is 0 Å². The van der Waals surface area contributed by atoms with E-state index in [4.69, 9.17) is 0 Å². The van der Waals surface area contributed by atoms with Crippen LogP contribution >= 0.6 is 24.2 Å². The van der Waals surface area contributed by atoms with Crippen LogP contribution in [-0.4, -0.2) is 28.8 Å². The Kier molecular flexibility index (Phi) is 7.00. The van der Waals surface area contributed by atoms with Gasteiger partial charge in [0, 0.05) is 47.7 Å². The lowest BCUT2D eigenvalue weighted by atomic mass is 9.90. The van der Waals surface area contributed by atoms with Crippen LogP contribution in [0.3, 0.4) is 0 Å². The minimum absolute atomic E-state index is 0. The highest BCUT2D eigenvalue weighted by molar-refractivity contribution is 7.99. The monoisotopic (exact) mass is 428 g/mol. The fourth-order valence-electron chi connectivity index (χ4n) is 3.63. The number of rotatable bonds is 5. The molecule has 1 saturated heterocycles. The second kappa shape index (κ2) is 9.48. The molecule has 152 valence electrons. The van der Waals surface area contributed by atoms with Gasteiger partial charge >= 0.3 is 0 Å². The number of amides is 1. The lowest BCUT2D eigenvalue weighted by molar-refractivity contribution is -0.119. The van der Waals surface area contributed by atoms with Crippen molar-refractivity contribution in [1.29, 1.82) is 0 Å². The van der Waals surface area contributed by atoms with Gasteiger partial charge in [-0.2, -0.15) is 5.10 Å². The quantitative estimate of drug-likeness (QED) is 0.638. The molecular formula is C22H25ClN4OS. The molecule has 0 saturated carbocycles. The molecule has 7 heteroatoms. The van der Waals surface area contributed by atoms with Gasteiger partial charge in [0.05, 0.1) is 12.1 Å². The summed E-state index contributed by atoms with van der Waals surface area (Å²) in [7, 11) is 1.90. The molecule has 2 N–H and O–H groups in total. The first kappa shape index (κ1) is 21.4. The summed E-state index contributed by atoms with van der Waals surface area (Å²) in [5.41, 5.74) is 3.05. The number of hydrogen-bond donors (Lipinski definition) is 2. The van der Waals surface area contributed by atoms with E-state index in [2.05, 4.69) is 40.0 Å². The Hall–Kier alpha value is -2.28. The Morgan fingerprint density at radius 2 is 1.97 bits per heavy atom. The van der Waals surface area contributed by atoms with E-state index in [1.807, 2.05) is 50.6 Å². The highest BCUT2D eigenvalue weighted by Crippen LogP contribution is 2.32. The Bertz CT molecular complexity index is 976. The third-order valence-corrected chi connectivity index (χ3v) is 6.14. The topological polar surface area (TPSA) is 59.0 Å². The largest absolute Gasteiger partial charge is 0.326 e. The summed E-state index contributed by atoms with van der Waals surface area (Å²) in [6.07, 6.45) is 3.86. The molecule has 1 amide bonds. The van der Waals surface area contributed by atoms with Crippen LogP contribution in [0.4, 0.5) is 5.69 Å². The van der Waals surface area contributed by atoms with Crippen molar-refractivity contribution in [3.8, 4) is 0 Å². The molecule has 0 spiro atoms. The van der Waals surface area contributed by atoms with E-state index in [0.29, 0.717) is 6.54 Å². The molecule has 4 rings (SSSR count). The summed E-state index contributed by atoms with van der Waals surface area (Å²) in [6, 6.07) is 16.5. The van der Waals surface area contributed by atoms with E-state index >= 15 is 0 Å². The minimum atomic E-state index is -0.0954. The number of anilines is 1. The van der Waals surface area contributed by atoms with Crippen LogP contribution in [-0.2, 0) is 11.8 Å². The molecule has 1 aliphatic heterocycles. The van der Waals surface area contributed by atoms with Crippen LogP contribution in [0.2, 0.25) is 0 Å². The lowest BCUT2D eigenvalue weighted by Crippen LogP contribution is -2.28. The molecule has 0 radical (unpaired) electrons. The molecule has 3 aromatic rings. The maximum atomic E-state index is 12.9. The number of nitrogens with one attached hydrogen (secondary N) is 2. The predicted octanol–water partition coefficient (Wildman–Crippen LogP) is 4.24. The van der Waals surface area contributed by atoms with Crippen molar-refractivity contribution in [2.24, 2.45) is 13.0 Å². The van der Waals surface area contributed by atoms with E-state index < -0.39 is 0 Å². The van der Waals surface area contributed by atoms with Crippen molar-refractivity contribution in [3.63, 3.8) is 0 Å². The van der Waals surface area contributed by atoms with E-state index in [-0.39, 0.29) is 30.2 Å². The summed E-state index contributed by atoms with van der Waals surface area (Å²) >= 11 is 1.72. The molecule has 29 heavy (non-hydrogen) atoms. The third-order valence-electron chi connectivity index (χ3n) is 5.14. The van der Waals surface area contributed by atoms with E-state index in [0.717, 1.165) is 28.3 Å². The molecule has 5 nitrogen and oxygen atoms in total. The summed E-state index contributed by atoms with van der Waals surface area (Å²) in [5.74, 6) is 0.120. The van der Waals surface area contributed by atoms with Crippen molar-refractivity contribution >= 4 is 35.8 Å². The molecule has 0 unspecified atom stereocenters. The lowest BCUT2D eigenvalue weighted by Gasteiger charge is -2.18. The SMILES string of the molecule is Cc1cc(Sc2ccccc2)ccc1NC(=O)[C@H]1CNC[C@@H]1c1cnn(C)c1.Cl. The summed E-state index contributed by atoms with van der Waals surface area (Å²) < 4.78 is 1.79. The molecule has 1 aliphatic rings. The Morgan fingerprint density at radius 1 is 1.17 bits per heavy atom. The molecule has 2 aromatic carbocycles.